The molecule has 0 unspecified atom stereocenters. The number of carbonyl (C=O) groups excluding carboxylic acids is 1. The summed E-state index contributed by atoms with van der Waals surface area (Å²) in [6.45, 7) is 2.42. The van der Waals surface area contributed by atoms with Gasteiger partial charge in [0.1, 0.15) is 0 Å². The number of urea groups is 1. The molecule has 2 amide bonds. The van der Waals surface area contributed by atoms with Gasteiger partial charge in [0.15, 0.2) is 5.79 Å². The maximum absolute atomic E-state index is 10.9. The fraction of sp³-hybridized carbons (Fsp3) is 0.875. The SMILES string of the molecule is NC(=O)N1CCCC2(C1)OCCO2. The predicted octanol–water partition coefficient (Wildman–Crippen LogP) is -0.0960. The number of ether oxygens (including phenoxy) is 2. The van der Waals surface area contributed by atoms with Crippen LogP contribution < -0.4 is 5.73 Å². The highest BCUT2D eigenvalue weighted by atomic mass is 16.7. The van der Waals surface area contributed by atoms with Crippen LogP contribution in [0.15, 0.2) is 0 Å². The van der Waals surface area contributed by atoms with Crippen molar-refractivity contribution in [2.24, 2.45) is 5.73 Å². The van der Waals surface area contributed by atoms with Crippen LogP contribution in [0.1, 0.15) is 12.8 Å². The Hall–Kier alpha value is -0.810. The van der Waals surface area contributed by atoms with Crippen LogP contribution in [0.25, 0.3) is 0 Å². The second kappa shape index (κ2) is 3.16. The van der Waals surface area contributed by atoms with Gasteiger partial charge < -0.3 is 20.1 Å². The highest BCUT2D eigenvalue weighted by Crippen LogP contribution is 2.29. The Kier molecular flexibility index (Phi) is 2.13. The number of likely N-dealkylation sites (tertiary alicyclic amines) is 1. The molecule has 1 spiro atoms. The summed E-state index contributed by atoms with van der Waals surface area (Å²) in [5, 5.41) is 0. The number of primary amides is 1. The first-order valence-corrected chi connectivity index (χ1v) is 4.54. The highest BCUT2D eigenvalue weighted by molar-refractivity contribution is 5.72. The molecular weight excluding hydrogens is 172 g/mol. The zero-order valence-corrected chi connectivity index (χ0v) is 7.49. The van der Waals surface area contributed by atoms with Gasteiger partial charge in [0.25, 0.3) is 0 Å². The maximum Gasteiger partial charge on any atom is 0.314 e. The van der Waals surface area contributed by atoms with Gasteiger partial charge in [-0.3, -0.25) is 0 Å². The topological polar surface area (TPSA) is 64.8 Å². The Labute approximate surface area is 76.8 Å². The number of nitrogens with zero attached hydrogens (tertiary/aromatic N) is 1. The van der Waals surface area contributed by atoms with Gasteiger partial charge in [-0.05, 0) is 6.42 Å². The van der Waals surface area contributed by atoms with E-state index in [-0.39, 0.29) is 0 Å². The molecule has 13 heavy (non-hydrogen) atoms. The molecule has 5 heteroatoms. The van der Waals surface area contributed by atoms with Gasteiger partial charge in [0.2, 0.25) is 0 Å². The van der Waals surface area contributed by atoms with E-state index in [1.54, 1.807) is 4.90 Å². The molecule has 0 atom stereocenters. The van der Waals surface area contributed by atoms with E-state index in [1.807, 2.05) is 0 Å². The molecule has 2 aliphatic rings. The van der Waals surface area contributed by atoms with Crippen LogP contribution in [0.5, 0.6) is 0 Å². The lowest BCUT2D eigenvalue weighted by molar-refractivity contribution is -0.182. The van der Waals surface area contributed by atoms with Crippen molar-refractivity contribution in [3.63, 3.8) is 0 Å². The Balaban J connectivity index is 2.02. The number of nitrogens with two attached hydrogens (primary N) is 1. The van der Waals surface area contributed by atoms with E-state index in [2.05, 4.69) is 0 Å². The van der Waals surface area contributed by atoms with E-state index in [1.165, 1.54) is 0 Å². The quantitative estimate of drug-likeness (QED) is 0.574. The van der Waals surface area contributed by atoms with Crippen LogP contribution in [-0.4, -0.2) is 43.0 Å². The molecule has 0 aromatic rings. The summed E-state index contributed by atoms with van der Waals surface area (Å²) >= 11 is 0. The third-order valence-electron chi connectivity index (χ3n) is 2.54. The second-order valence-corrected chi connectivity index (χ2v) is 3.47. The monoisotopic (exact) mass is 186 g/mol. The van der Waals surface area contributed by atoms with E-state index in [9.17, 15) is 4.79 Å². The van der Waals surface area contributed by atoms with Crippen molar-refractivity contribution in [1.29, 1.82) is 0 Å². The minimum atomic E-state index is -0.548. The summed E-state index contributed by atoms with van der Waals surface area (Å²) in [5.74, 6) is -0.548. The summed E-state index contributed by atoms with van der Waals surface area (Å²) in [6.07, 6.45) is 1.75. The summed E-state index contributed by atoms with van der Waals surface area (Å²) in [6, 6.07) is -0.391. The Morgan fingerprint density at radius 3 is 2.69 bits per heavy atom. The molecule has 5 nitrogen and oxygen atoms in total. The number of rotatable bonds is 0. The molecule has 0 saturated carbocycles. The molecule has 2 aliphatic heterocycles. The molecule has 0 bridgehead atoms. The van der Waals surface area contributed by atoms with Crippen molar-refractivity contribution >= 4 is 6.03 Å². The minimum Gasteiger partial charge on any atom is -0.351 e. The normalized spacial score (nSPS) is 26.6. The van der Waals surface area contributed by atoms with Gasteiger partial charge in [0, 0.05) is 13.0 Å². The Morgan fingerprint density at radius 2 is 2.08 bits per heavy atom. The van der Waals surface area contributed by atoms with Crippen LogP contribution in [0, 0.1) is 0 Å². The van der Waals surface area contributed by atoms with Crippen molar-refractivity contribution < 1.29 is 14.3 Å². The third kappa shape index (κ3) is 1.62. The van der Waals surface area contributed by atoms with Crippen molar-refractivity contribution in [1.82, 2.24) is 4.90 Å². The number of carbonyl (C=O) groups is 1. The van der Waals surface area contributed by atoms with Gasteiger partial charge in [0.05, 0.1) is 19.8 Å². The van der Waals surface area contributed by atoms with Crippen LogP contribution in [0.2, 0.25) is 0 Å². The molecule has 2 N–H and O–H groups in total. The molecular formula is C8H14N2O3. The van der Waals surface area contributed by atoms with E-state index in [0.29, 0.717) is 26.3 Å². The van der Waals surface area contributed by atoms with Gasteiger partial charge in [-0.25, -0.2) is 4.79 Å². The van der Waals surface area contributed by atoms with Crippen molar-refractivity contribution in [2.45, 2.75) is 18.6 Å². The van der Waals surface area contributed by atoms with Crippen LogP contribution in [0.4, 0.5) is 4.79 Å². The first kappa shape index (κ1) is 8.77. The maximum atomic E-state index is 10.9. The van der Waals surface area contributed by atoms with Gasteiger partial charge in [-0.15, -0.1) is 0 Å². The van der Waals surface area contributed by atoms with Crippen molar-refractivity contribution in [2.75, 3.05) is 26.3 Å². The van der Waals surface area contributed by atoms with E-state index in [0.717, 1.165) is 12.8 Å². The largest absolute Gasteiger partial charge is 0.351 e. The molecule has 0 aromatic carbocycles. The van der Waals surface area contributed by atoms with Gasteiger partial charge in [-0.2, -0.15) is 0 Å². The molecule has 2 fully saturated rings. The van der Waals surface area contributed by atoms with Crippen LogP contribution >= 0.6 is 0 Å². The standard InChI is InChI=1S/C8H14N2O3/c9-7(11)10-3-1-2-8(6-10)12-4-5-13-8/h1-6H2,(H2,9,11). The molecule has 0 aromatic heterocycles. The minimum absolute atomic E-state index is 0.391. The fourth-order valence-electron chi connectivity index (χ4n) is 1.91. The molecule has 74 valence electrons. The molecule has 2 saturated heterocycles. The summed E-state index contributed by atoms with van der Waals surface area (Å²) in [4.78, 5) is 12.5. The van der Waals surface area contributed by atoms with Gasteiger partial charge >= 0.3 is 6.03 Å². The lowest BCUT2D eigenvalue weighted by Gasteiger charge is -2.37. The third-order valence-corrected chi connectivity index (χ3v) is 2.54. The summed E-state index contributed by atoms with van der Waals surface area (Å²) in [5.41, 5.74) is 5.19. The van der Waals surface area contributed by atoms with E-state index >= 15 is 0 Å². The molecule has 2 rings (SSSR count). The molecule has 0 radical (unpaired) electrons. The Bertz CT molecular complexity index is 213. The average molecular weight is 186 g/mol. The summed E-state index contributed by atoms with van der Waals surface area (Å²) in [7, 11) is 0. The molecule has 2 heterocycles. The van der Waals surface area contributed by atoms with E-state index < -0.39 is 11.8 Å². The fourth-order valence-corrected chi connectivity index (χ4v) is 1.91. The zero-order valence-electron chi connectivity index (χ0n) is 7.49. The average Bonchev–Trinajstić information content (AvgIpc) is 2.53. The first-order chi connectivity index (χ1) is 6.22. The number of hydrogen-bond acceptors (Lipinski definition) is 3. The van der Waals surface area contributed by atoms with Crippen molar-refractivity contribution in [3.8, 4) is 0 Å². The highest BCUT2D eigenvalue weighted by Gasteiger charge is 2.41. The van der Waals surface area contributed by atoms with Crippen LogP contribution in [-0.2, 0) is 9.47 Å². The van der Waals surface area contributed by atoms with Crippen molar-refractivity contribution in [3.05, 3.63) is 0 Å². The first-order valence-electron chi connectivity index (χ1n) is 4.54. The molecule has 0 aliphatic carbocycles. The predicted molar refractivity (Wildman–Crippen MR) is 45.0 cm³/mol. The second-order valence-electron chi connectivity index (χ2n) is 3.47. The number of piperidine rings is 1. The number of hydrogen-bond donors (Lipinski definition) is 1. The summed E-state index contributed by atoms with van der Waals surface area (Å²) < 4.78 is 11.0. The lowest BCUT2D eigenvalue weighted by atomic mass is 10.1. The smallest absolute Gasteiger partial charge is 0.314 e. The Morgan fingerprint density at radius 1 is 1.38 bits per heavy atom. The number of amides is 2. The lowest BCUT2D eigenvalue weighted by Crippen LogP contribution is -2.52. The van der Waals surface area contributed by atoms with E-state index in [4.69, 9.17) is 15.2 Å². The van der Waals surface area contributed by atoms with Gasteiger partial charge in [-0.1, -0.05) is 0 Å². The zero-order chi connectivity index (χ0) is 9.31. The van der Waals surface area contributed by atoms with Crippen LogP contribution in [0.3, 0.4) is 0 Å².